The molecule has 1 aliphatic heterocycles. The lowest BCUT2D eigenvalue weighted by Crippen LogP contribution is -2.52. The van der Waals surface area contributed by atoms with Gasteiger partial charge in [0.25, 0.3) is 0 Å². The standard InChI is InChI=1S/C12H23NO3/c1-4-16-11(14)10(9(2)3)12(15)5-7-13-8-6-12/h9-10,13,15H,4-8H2,1-3H3. The lowest BCUT2D eigenvalue weighted by Gasteiger charge is -2.39. The average molecular weight is 229 g/mol. The predicted octanol–water partition coefficient (Wildman–Crippen LogP) is 0.936. The quantitative estimate of drug-likeness (QED) is 0.704. The van der Waals surface area contributed by atoms with E-state index in [0.717, 1.165) is 13.1 Å². The molecular weight excluding hydrogens is 206 g/mol. The van der Waals surface area contributed by atoms with E-state index in [1.54, 1.807) is 6.92 Å². The summed E-state index contributed by atoms with van der Waals surface area (Å²) < 4.78 is 5.06. The van der Waals surface area contributed by atoms with Gasteiger partial charge in [-0.3, -0.25) is 4.79 Å². The zero-order valence-corrected chi connectivity index (χ0v) is 10.5. The van der Waals surface area contributed by atoms with E-state index in [-0.39, 0.29) is 11.9 Å². The van der Waals surface area contributed by atoms with Crippen LogP contribution in [0.4, 0.5) is 0 Å². The molecule has 1 saturated heterocycles. The van der Waals surface area contributed by atoms with Crippen LogP contribution in [0.1, 0.15) is 33.6 Å². The van der Waals surface area contributed by atoms with Gasteiger partial charge in [-0.05, 0) is 38.8 Å². The van der Waals surface area contributed by atoms with E-state index in [0.29, 0.717) is 19.4 Å². The van der Waals surface area contributed by atoms with Gasteiger partial charge in [0.2, 0.25) is 0 Å². The molecule has 0 aromatic carbocycles. The van der Waals surface area contributed by atoms with Crippen molar-refractivity contribution in [3.63, 3.8) is 0 Å². The second kappa shape index (κ2) is 5.64. The maximum atomic E-state index is 11.9. The number of hydrogen-bond acceptors (Lipinski definition) is 4. The third-order valence-electron chi connectivity index (χ3n) is 3.26. The van der Waals surface area contributed by atoms with Crippen molar-refractivity contribution in [2.24, 2.45) is 11.8 Å². The highest BCUT2D eigenvalue weighted by atomic mass is 16.5. The zero-order valence-electron chi connectivity index (χ0n) is 10.5. The number of ether oxygens (including phenoxy) is 1. The first-order valence-corrected chi connectivity index (χ1v) is 6.11. The first kappa shape index (κ1) is 13.5. The second-order valence-electron chi connectivity index (χ2n) is 4.83. The number of piperidine rings is 1. The fourth-order valence-corrected chi connectivity index (χ4v) is 2.51. The highest BCUT2D eigenvalue weighted by Crippen LogP contribution is 2.33. The van der Waals surface area contributed by atoms with Crippen molar-refractivity contribution in [1.82, 2.24) is 5.32 Å². The van der Waals surface area contributed by atoms with Gasteiger partial charge in [-0.15, -0.1) is 0 Å². The van der Waals surface area contributed by atoms with Crippen molar-refractivity contribution in [3.8, 4) is 0 Å². The average Bonchev–Trinajstić information content (AvgIpc) is 2.17. The molecule has 0 spiro atoms. The Labute approximate surface area is 97.4 Å². The largest absolute Gasteiger partial charge is 0.466 e. The lowest BCUT2D eigenvalue weighted by molar-refractivity contribution is -0.164. The Morgan fingerprint density at radius 1 is 1.44 bits per heavy atom. The van der Waals surface area contributed by atoms with Crippen molar-refractivity contribution in [3.05, 3.63) is 0 Å². The summed E-state index contributed by atoms with van der Waals surface area (Å²) in [5.41, 5.74) is -0.897. The summed E-state index contributed by atoms with van der Waals surface area (Å²) in [6.07, 6.45) is 1.24. The molecule has 0 saturated carbocycles. The fourth-order valence-electron chi connectivity index (χ4n) is 2.51. The minimum atomic E-state index is -0.897. The van der Waals surface area contributed by atoms with Crippen molar-refractivity contribution < 1.29 is 14.6 Å². The summed E-state index contributed by atoms with van der Waals surface area (Å²) in [7, 11) is 0. The molecule has 1 atom stereocenters. The maximum Gasteiger partial charge on any atom is 0.312 e. The van der Waals surface area contributed by atoms with Crippen LogP contribution in [-0.4, -0.2) is 36.4 Å². The molecule has 0 aliphatic carbocycles. The number of aliphatic hydroxyl groups is 1. The van der Waals surface area contributed by atoms with Crippen LogP contribution in [0.5, 0.6) is 0 Å². The minimum Gasteiger partial charge on any atom is -0.466 e. The van der Waals surface area contributed by atoms with Crippen LogP contribution in [-0.2, 0) is 9.53 Å². The molecule has 1 fully saturated rings. The van der Waals surface area contributed by atoms with E-state index >= 15 is 0 Å². The van der Waals surface area contributed by atoms with Crippen molar-refractivity contribution in [2.45, 2.75) is 39.2 Å². The maximum absolute atomic E-state index is 11.9. The summed E-state index contributed by atoms with van der Waals surface area (Å²) in [4.78, 5) is 11.9. The molecule has 16 heavy (non-hydrogen) atoms. The van der Waals surface area contributed by atoms with Crippen LogP contribution < -0.4 is 5.32 Å². The third-order valence-corrected chi connectivity index (χ3v) is 3.26. The van der Waals surface area contributed by atoms with Crippen LogP contribution >= 0.6 is 0 Å². The Kier molecular flexibility index (Phi) is 4.74. The van der Waals surface area contributed by atoms with Gasteiger partial charge in [0.1, 0.15) is 0 Å². The molecule has 0 aromatic rings. The Balaban J connectivity index is 2.78. The molecule has 1 rings (SSSR count). The highest BCUT2D eigenvalue weighted by molar-refractivity contribution is 5.74. The SMILES string of the molecule is CCOC(=O)C(C(C)C)C1(O)CCNCC1. The summed E-state index contributed by atoms with van der Waals surface area (Å²) in [5.74, 6) is -0.571. The second-order valence-corrected chi connectivity index (χ2v) is 4.83. The number of hydrogen-bond donors (Lipinski definition) is 2. The zero-order chi connectivity index (χ0) is 12.2. The van der Waals surface area contributed by atoms with E-state index in [9.17, 15) is 9.90 Å². The van der Waals surface area contributed by atoms with Gasteiger partial charge in [-0.2, -0.15) is 0 Å². The summed E-state index contributed by atoms with van der Waals surface area (Å²) in [5, 5.41) is 13.8. The predicted molar refractivity (Wildman–Crippen MR) is 62.0 cm³/mol. The number of esters is 1. The van der Waals surface area contributed by atoms with Gasteiger partial charge >= 0.3 is 5.97 Å². The normalized spacial score (nSPS) is 21.8. The summed E-state index contributed by atoms with van der Waals surface area (Å²) >= 11 is 0. The van der Waals surface area contributed by atoms with Gasteiger partial charge in [0.05, 0.1) is 18.1 Å². The first-order chi connectivity index (χ1) is 7.51. The molecule has 0 bridgehead atoms. The van der Waals surface area contributed by atoms with Crippen LogP contribution in [0.2, 0.25) is 0 Å². The molecule has 4 heteroatoms. The first-order valence-electron chi connectivity index (χ1n) is 6.11. The van der Waals surface area contributed by atoms with Crippen molar-refractivity contribution in [2.75, 3.05) is 19.7 Å². The monoisotopic (exact) mass is 229 g/mol. The van der Waals surface area contributed by atoms with Gasteiger partial charge < -0.3 is 15.2 Å². The molecule has 2 N–H and O–H groups in total. The van der Waals surface area contributed by atoms with Crippen LogP contribution in [0.15, 0.2) is 0 Å². The van der Waals surface area contributed by atoms with Gasteiger partial charge in [-0.25, -0.2) is 0 Å². The topological polar surface area (TPSA) is 58.6 Å². The van der Waals surface area contributed by atoms with Crippen molar-refractivity contribution >= 4 is 5.97 Å². The van der Waals surface area contributed by atoms with E-state index in [1.807, 2.05) is 13.8 Å². The molecule has 0 aromatic heterocycles. The van der Waals surface area contributed by atoms with Gasteiger partial charge in [0.15, 0.2) is 0 Å². The molecule has 0 radical (unpaired) electrons. The summed E-state index contributed by atoms with van der Waals surface area (Å²) in [6.45, 7) is 7.61. The Hall–Kier alpha value is -0.610. The lowest BCUT2D eigenvalue weighted by atomic mass is 9.74. The van der Waals surface area contributed by atoms with Crippen molar-refractivity contribution in [1.29, 1.82) is 0 Å². The molecule has 1 aliphatic rings. The Bertz CT molecular complexity index is 234. The van der Waals surface area contributed by atoms with Gasteiger partial charge in [0, 0.05) is 0 Å². The van der Waals surface area contributed by atoms with Gasteiger partial charge in [-0.1, -0.05) is 13.8 Å². The number of carbonyl (C=O) groups excluding carboxylic acids is 1. The van der Waals surface area contributed by atoms with Crippen LogP contribution in [0, 0.1) is 11.8 Å². The van der Waals surface area contributed by atoms with E-state index in [2.05, 4.69) is 5.32 Å². The van der Waals surface area contributed by atoms with Crippen LogP contribution in [0.25, 0.3) is 0 Å². The Morgan fingerprint density at radius 3 is 2.44 bits per heavy atom. The molecule has 94 valence electrons. The van der Waals surface area contributed by atoms with Crippen LogP contribution in [0.3, 0.4) is 0 Å². The van der Waals surface area contributed by atoms with E-state index in [1.165, 1.54) is 0 Å². The fraction of sp³-hybridized carbons (Fsp3) is 0.917. The summed E-state index contributed by atoms with van der Waals surface area (Å²) in [6, 6.07) is 0. The van der Waals surface area contributed by atoms with E-state index < -0.39 is 11.5 Å². The van der Waals surface area contributed by atoms with E-state index in [4.69, 9.17) is 4.74 Å². The number of rotatable bonds is 4. The number of carbonyl (C=O) groups is 1. The minimum absolute atomic E-state index is 0.0992. The smallest absolute Gasteiger partial charge is 0.312 e. The molecule has 1 heterocycles. The third kappa shape index (κ3) is 2.95. The Morgan fingerprint density at radius 2 is 2.00 bits per heavy atom. The molecule has 1 unspecified atom stereocenters. The molecular formula is C12H23NO3. The number of nitrogens with one attached hydrogen (secondary N) is 1. The highest BCUT2D eigenvalue weighted by Gasteiger charge is 2.44. The molecule has 4 nitrogen and oxygen atoms in total. The molecule has 0 amide bonds.